The van der Waals surface area contributed by atoms with Gasteiger partial charge in [-0.3, -0.25) is 15.2 Å². The monoisotopic (exact) mass is 704 g/mol. The molecule has 4 rings (SSSR count). The molecule has 46 heavy (non-hydrogen) atoms. The van der Waals surface area contributed by atoms with Crippen molar-refractivity contribution in [1.29, 1.82) is 0 Å². The Labute approximate surface area is 267 Å². The van der Waals surface area contributed by atoms with Crippen molar-refractivity contribution in [3.05, 3.63) is 88.7 Å². The summed E-state index contributed by atoms with van der Waals surface area (Å²) in [5, 5.41) is 0.103. The van der Waals surface area contributed by atoms with Gasteiger partial charge >= 0.3 is 6.18 Å². The molecule has 1 aliphatic rings. The Morgan fingerprint density at radius 3 is 2.09 bits per heavy atom. The molecule has 0 aliphatic heterocycles. The van der Waals surface area contributed by atoms with Gasteiger partial charge in [0.05, 0.1) is 17.4 Å². The molecule has 1 unspecified atom stereocenters. The quantitative estimate of drug-likeness (QED) is 0.151. The molecule has 2 aromatic carbocycles. The van der Waals surface area contributed by atoms with E-state index >= 15 is 8.78 Å². The molecule has 1 heterocycles. The lowest BCUT2D eigenvalue weighted by molar-refractivity contribution is -0.141. The van der Waals surface area contributed by atoms with E-state index in [4.69, 9.17) is 18.0 Å². The number of carbonyl (C=O) groups excluding carboxylic acids is 1. The molecule has 2 atom stereocenters. The summed E-state index contributed by atoms with van der Waals surface area (Å²) in [6.07, 6.45) is 0.139. The van der Waals surface area contributed by atoms with Gasteiger partial charge in [0.15, 0.2) is 0 Å². The molecule has 17 heteroatoms. The number of hydrogen-bond acceptors (Lipinski definition) is 6. The number of alkyl halides is 5. The van der Waals surface area contributed by atoms with Crippen molar-refractivity contribution >= 4 is 37.6 Å². The Morgan fingerprint density at radius 1 is 1.00 bits per heavy atom. The Kier molecular flexibility index (Phi) is 10.1. The van der Waals surface area contributed by atoms with E-state index in [0.29, 0.717) is 35.5 Å². The number of rotatable bonds is 12. The average Bonchev–Trinajstić information content (AvgIpc) is 3.82. The predicted octanol–water partition coefficient (Wildman–Crippen LogP) is 5.24. The Balaban J connectivity index is 1.74. The van der Waals surface area contributed by atoms with Gasteiger partial charge < -0.3 is 0 Å². The first-order chi connectivity index (χ1) is 21.4. The highest BCUT2D eigenvalue weighted by Crippen LogP contribution is 2.47. The van der Waals surface area contributed by atoms with E-state index in [1.54, 1.807) is 17.2 Å². The molecule has 1 aromatic heterocycles. The van der Waals surface area contributed by atoms with Crippen molar-refractivity contribution in [2.45, 2.75) is 60.2 Å². The molecule has 246 valence electrons. The number of nitrogens with zero attached hydrogens (tertiary/aromatic N) is 2. The molecular formula is C29H26ClF5N4O5S2. The molecule has 1 saturated carbocycles. The number of hydrogen-bond donors (Lipinski definition) is 2. The fourth-order valence-corrected chi connectivity index (χ4v) is 7.32. The number of hydrazine groups is 1. The third kappa shape index (κ3) is 8.02. The second-order valence-corrected chi connectivity index (χ2v) is 14.5. The number of benzene rings is 2. The minimum Gasteiger partial charge on any atom is -0.277 e. The molecule has 1 amide bonds. The van der Waals surface area contributed by atoms with Gasteiger partial charge in [0, 0.05) is 11.2 Å². The summed E-state index contributed by atoms with van der Waals surface area (Å²) in [6, 6.07) is 6.93. The summed E-state index contributed by atoms with van der Waals surface area (Å²) in [6.45, 7) is 1.70. The summed E-state index contributed by atoms with van der Waals surface area (Å²) < 4.78 is 126. The lowest BCUT2D eigenvalue weighted by Crippen LogP contribution is -2.52. The molecule has 0 radical (unpaired) electrons. The molecule has 3 aromatic rings. The maximum atomic E-state index is 16.4. The standard InChI is InChI=1S/C29H26ClF5N4O5S2/c1-3-24(19-6-7-19)39(46(43,44)23-14-15-25(36-17-23)29(33,34)35)27(20-8-10-21(30)11-9-20)28(31,32)16-26(40)37-38-45(41,42)22-12-4-18(2)5-13-22/h1,4-5,8-15,17,19,24,27,38H,6-7,16H2,2H3,(H,37,40)/t24?,27-/m0/s1. The van der Waals surface area contributed by atoms with Crippen LogP contribution in [0.4, 0.5) is 22.0 Å². The van der Waals surface area contributed by atoms with Crippen LogP contribution >= 0.6 is 11.6 Å². The topological polar surface area (TPSA) is 126 Å². The van der Waals surface area contributed by atoms with E-state index in [2.05, 4.69) is 10.9 Å². The Bertz CT molecular complexity index is 1830. The van der Waals surface area contributed by atoms with E-state index in [1.165, 1.54) is 36.4 Å². The van der Waals surface area contributed by atoms with Crippen LogP contribution in [-0.4, -0.2) is 44.0 Å². The molecular weight excluding hydrogens is 679 g/mol. The lowest BCUT2D eigenvalue weighted by atomic mass is 9.96. The van der Waals surface area contributed by atoms with Gasteiger partial charge in [0.2, 0.25) is 15.9 Å². The van der Waals surface area contributed by atoms with Crippen LogP contribution in [0.1, 0.15) is 42.1 Å². The third-order valence-corrected chi connectivity index (χ3v) is 10.4. The van der Waals surface area contributed by atoms with Gasteiger partial charge in [0.1, 0.15) is 16.6 Å². The fraction of sp³-hybridized carbons (Fsp3) is 0.310. The van der Waals surface area contributed by atoms with E-state index in [9.17, 15) is 34.8 Å². The van der Waals surface area contributed by atoms with Gasteiger partial charge in [-0.1, -0.05) is 47.4 Å². The highest BCUT2D eigenvalue weighted by molar-refractivity contribution is 7.89. The summed E-state index contributed by atoms with van der Waals surface area (Å²) in [5.41, 5.74) is 0.675. The molecule has 2 N–H and O–H groups in total. The average molecular weight is 705 g/mol. The zero-order chi connectivity index (χ0) is 34.1. The van der Waals surface area contributed by atoms with Crippen molar-refractivity contribution < 1.29 is 43.6 Å². The zero-order valence-corrected chi connectivity index (χ0v) is 26.2. The molecule has 0 spiro atoms. The van der Waals surface area contributed by atoms with Crippen LogP contribution in [0.3, 0.4) is 0 Å². The number of pyridine rings is 1. The van der Waals surface area contributed by atoms with Crippen LogP contribution in [0, 0.1) is 25.2 Å². The van der Waals surface area contributed by atoms with E-state index < -0.39 is 73.1 Å². The second-order valence-electron chi connectivity index (χ2n) is 10.5. The first-order valence-electron chi connectivity index (χ1n) is 13.4. The van der Waals surface area contributed by atoms with Crippen molar-refractivity contribution in [2.75, 3.05) is 0 Å². The van der Waals surface area contributed by atoms with Crippen molar-refractivity contribution in [1.82, 2.24) is 19.5 Å². The van der Waals surface area contributed by atoms with E-state index in [1.807, 2.05) is 0 Å². The second kappa shape index (κ2) is 13.2. The summed E-state index contributed by atoms with van der Waals surface area (Å²) in [4.78, 5) is 16.5. The lowest BCUT2D eigenvalue weighted by Gasteiger charge is -2.39. The smallest absolute Gasteiger partial charge is 0.277 e. The number of sulfonamides is 2. The minimum atomic E-state index is -5.13. The number of halogens is 6. The van der Waals surface area contributed by atoms with Crippen LogP contribution in [0.15, 0.2) is 76.7 Å². The Morgan fingerprint density at radius 2 is 1.59 bits per heavy atom. The molecule has 1 fully saturated rings. The van der Waals surface area contributed by atoms with Crippen LogP contribution in [0.2, 0.25) is 5.02 Å². The molecule has 9 nitrogen and oxygen atoms in total. The number of carbonyl (C=O) groups is 1. The largest absolute Gasteiger partial charge is 0.433 e. The SMILES string of the molecule is C#CC(C1CC1)N([C@@H](c1ccc(Cl)cc1)C(F)(F)CC(=O)NNS(=O)(=O)c1ccc(C)cc1)S(=O)(=O)c1ccc(C(F)(F)F)nc1. The van der Waals surface area contributed by atoms with Crippen LogP contribution in [0.5, 0.6) is 0 Å². The van der Waals surface area contributed by atoms with Crippen molar-refractivity contribution in [3.63, 3.8) is 0 Å². The van der Waals surface area contributed by atoms with Gasteiger partial charge in [-0.25, -0.2) is 25.6 Å². The highest BCUT2D eigenvalue weighted by atomic mass is 35.5. The number of terminal acetylenes is 1. The third-order valence-electron chi connectivity index (χ3n) is 7.01. The minimum absolute atomic E-state index is 0.103. The Hall–Kier alpha value is -3.62. The first kappa shape index (κ1) is 35.2. The van der Waals surface area contributed by atoms with E-state index in [0.717, 1.165) is 17.7 Å². The maximum Gasteiger partial charge on any atom is 0.433 e. The maximum absolute atomic E-state index is 16.4. The number of aryl methyl sites for hydroxylation is 1. The highest BCUT2D eigenvalue weighted by Gasteiger charge is 2.54. The fourth-order valence-electron chi connectivity index (χ4n) is 4.58. The van der Waals surface area contributed by atoms with E-state index in [-0.39, 0.29) is 15.5 Å². The van der Waals surface area contributed by atoms with Gasteiger partial charge in [0.25, 0.3) is 15.9 Å². The predicted molar refractivity (Wildman–Crippen MR) is 157 cm³/mol. The number of nitrogens with one attached hydrogen (secondary N) is 2. The van der Waals surface area contributed by atoms with Crippen LogP contribution in [-0.2, 0) is 31.0 Å². The normalized spacial score (nSPS) is 15.6. The summed E-state index contributed by atoms with van der Waals surface area (Å²) in [7, 11) is -9.50. The molecule has 1 aliphatic carbocycles. The first-order valence-corrected chi connectivity index (χ1v) is 16.7. The summed E-state index contributed by atoms with van der Waals surface area (Å²) in [5.74, 6) is -4.17. The van der Waals surface area contributed by atoms with Gasteiger partial charge in [-0.05, 0) is 67.6 Å². The van der Waals surface area contributed by atoms with Crippen molar-refractivity contribution in [3.8, 4) is 12.3 Å². The van der Waals surface area contributed by atoms with Crippen LogP contribution < -0.4 is 10.3 Å². The molecule has 0 saturated heterocycles. The number of aromatic nitrogens is 1. The summed E-state index contributed by atoms with van der Waals surface area (Å²) >= 11 is 5.94. The molecule has 0 bridgehead atoms. The number of amides is 1. The van der Waals surface area contributed by atoms with Crippen molar-refractivity contribution in [2.24, 2.45) is 5.92 Å². The zero-order valence-electron chi connectivity index (χ0n) is 23.8. The van der Waals surface area contributed by atoms with Crippen LogP contribution in [0.25, 0.3) is 0 Å². The van der Waals surface area contributed by atoms with Gasteiger partial charge in [-0.15, -0.1) is 11.3 Å². The van der Waals surface area contributed by atoms with Gasteiger partial charge in [-0.2, -0.15) is 17.5 Å².